The molecule has 17 heavy (non-hydrogen) atoms. The van der Waals surface area contributed by atoms with Gasteiger partial charge >= 0.3 is 0 Å². The smallest absolute Gasteiger partial charge is 0.220 e. The molecule has 2 unspecified atom stereocenters. The van der Waals surface area contributed by atoms with E-state index in [4.69, 9.17) is 0 Å². The molecule has 2 saturated carbocycles. The van der Waals surface area contributed by atoms with Gasteiger partial charge in [0, 0.05) is 18.9 Å². The molecule has 0 bridgehead atoms. The number of hydrogen-bond acceptors (Lipinski definition) is 2. The first-order valence-corrected chi connectivity index (χ1v) is 7.20. The molecular weight excluding hydrogens is 214 g/mol. The van der Waals surface area contributed by atoms with Crippen LogP contribution in [0.25, 0.3) is 0 Å². The second kappa shape index (κ2) is 6.39. The van der Waals surface area contributed by atoms with Gasteiger partial charge in [-0.25, -0.2) is 0 Å². The number of hydrogen-bond donors (Lipinski definition) is 2. The van der Waals surface area contributed by atoms with Gasteiger partial charge in [-0.05, 0) is 25.2 Å². The Bertz CT molecular complexity index is 249. The van der Waals surface area contributed by atoms with Gasteiger partial charge in [0.25, 0.3) is 0 Å². The van der Waals surface area contributed by atoms with E-state index in [2.05, 4.69) is 5.32 Å². The first-order valence-electron chi connectivity index (χ1n) is 7.20. The summed E-state index contributed by atoms with van der Waals surface area (Å²) in [7, 11) is 0. The summed E-state index contributed by atoms with van der Waals surface area (Å²) < 4.78 is 0. The minimum atomic E-state index is -0.190. The molecule has 0 radical (unpaired) electrons. The highest BCUT2D eigenvalue weighted by Crippen LogP contribution is 2.28. The second-order valence-electron chi connectivity index (χ2n) is 5.75. The number of amides is 1. The molecule has 0 aliphatic heterocycles. The van der Waals surface area contributed by atoms with Gasteiger partial charge in [0.1, 0.15) is 0 Å². The van der Waals surface area contributed by atoms with Crippen LogP contribution in [0.3, 0.4) is 0 Å². The molecule has 0 aromatic rings. The van der Waals surface area contributed by atoms with Gasteiger partial charge in [0.2, 0.25) is 5.91 Å². The Labute approximate surface area is 104 Å². The summed E-state index contributed by atoms with van der Waals surface area (Å²) in [6.07, 6.45) is 9.93. The molecule has 3 heteroatoms. The second-order valence-corrected chi connectivity index (χ2v) is 5.75. The van der Waals surface area contributed by atoms with Gasteiger partial charge in [0.15, 0.2) is 0 Å². The van der Waals surface area contributed by atoms with Gasteiger partial charge in [-0.2, -0.15) is 0 Å². The number of carbonyl (C=O) groups is 1. The third-order valence-corrected chi connectivity index (χ3v) is 4.43. The number of aliphatic hydroxyl groups excluding tert-OH is 1. The van der Waals surface area contributed by atoms with E-state index in [1.54, 1.807) is 0 Å². The van der Waals surface area contributed by atoms with Crippen LogP contribution in [-0.4, -0.2) is 23.7 Å². The molecule has 2 aliphatic rings. The van der Waals surface area contributed by atoms with Crippen molar-refractivity contribution in [1.82, 2.24) is 5.32 Å². The molecule has 0 aromatic heterocycles. The van der Waals surface area contributed by atoms with Crippen molar-refractivity contribution in [3.63, 3.8) is 0 Å². The Hall–Kier alpha value is -0.570. The highest BCUT2D eigenvalue weighted by molar-refractivity contribution is 5.75. The fourth-order valence-corrected chi connectivity index (χ4v) is 3.22. The minimum Gasteiger partial charge on any atom is -0.393 e. The molecule has 2 rings (SSSR count). The zero-order valence-electron chi connectivity index (χ0n) is 10.7. The Morgan fingerprint density at radius 2 is 1.88 bits per heavy atom. The van der Waals surface area contributed by atoms with Gasteiger partial charge in [-0.1, -0.05) is 32.1 Å². The molecule has 0 aromatic carbocycles. The SMILES string of the molecule is O=C(CCC1CCCC1)NCC1CCCC1O. The summed E-state index contributed by atoms with van der Waals surface area (Å²) in [5.74, 6) is 1.26. The van der Waals surface area contributed by atoms with E-state index < -0.39 is 0 Å². The molecule has 2 N–H and O–H groups in total. The van der Waals surface area contributed by atoms with Crippen LogP contribution in [0.4, 0.5) is 0 Å². The van der Waals surface area contributed by atoms with Gasteiger partial charge in [0.05, 0.1) is 6.10 Å². The quantitative estimate of drug-likeness (QED) is 0.773. The maximum absolute atomic E-state index is 11.7. The van der Waals surface area contributed by atoms with Crippen molar-refractivity contribution in [2.45, 2.75) is 63.9 Å². The lowest BCUT2D eigenvalue weighted by Crippen LogP contribution is -2.32. The Morgan fingerprint density at radius 1 is 1.12 bits per heavy atom. The average Bonchev–Trinajstić information content (AvgIpc) is 2.95. The monoisotopic (exact) mass is 239 g/mol. The van der Waals surface area contributed by atoms with Crippen molar-refractivity contribution in [2.24, 2.45) is 11.8 Å². The lowest BCUT2D eigenvalue weighted by atomic mass is 10.0. The highest BCUT2D eigenvalue weighted by Gasteiger charge is 2.25. The van der Waals surface area contributed by atoms with Crippen LogP contribution >= 0.6 is 0 Å². The van der Waals surface area contributed by atoms with E-state index in [1.807, 2.05) is 0 Å². The van der Waals surface area contributed by atoms with E-state index in [0.717, 1.165) is 31.6 Å². The number of carbonyl (C=O) groups excluding carboxylic acids is 1. The van der Waals surface area contributed by atoms with Crippen molar-refractivity contribution in [3.05, 3.63) is 0 Å². The maximum atomic E-state index is 11.7. The van der Waals surface area contributed by atoms with Crippen LogP contribution < -0.4 is 5.32 Å². The number of aliphatic hydroxyl groups is 1. The third-order valence-electron chi connectivity index (χ3n) is 4.43. The molecule has 0 heterocycles. The molecule has 0 spiro atoms. The number of nitrogens with one attached hydrogen (secondary N) is 1. The van der Waals surface area contributed by atoms with E-state index >= 15 is 0 Å². The van der Waals surface area contributed by atoms with E-state index in [1.165, 1.54) is 25.7 Å². The molecule has 0 saturated heterocycles. The van der Waals surface area contributed by atoms with Crippen molar-refractivity contribution >= 4 is 5.91 Å². The molecular formula is C14H25NO2. The maximum Gasteiger partial charge on any atom is 0.220 e. The predicted octanol–water partition coefficient (Wildman–Crippen LogP) is 2.23. The standard InChI is InChI=1S/C14H25NO2/c16-13-7-3-6-12(13)10-15-14(17)9-8-11-4-1-2-5-11/h11-13,16H,1-10H2,(H,15,17). The van der Waals surface area contributed by atoms with Crippen molar-refractivity contribution in [1.29, 1.82) is 0 Å². The van der Waals surface area contributed by atoms with Crippen LogP contribution in [0.1, 0.15) is 57.8 Å². The topological polar surface area (TPSA) is 49.3 Å². The summed E-state index contributed by atoms with van der Waals surface area (Å²) >= 11 is 0. The fourth-order valence-electron chi connectivity index (χ4n) is 3.22. The molecule has 3 nitrogen and oxygen atoms in total. The van der Waals surface area contributed by atoms with Crippen LogP contribution in [0, 0.1) is 11.8 Å². The van der Waals surface area contributed by atoms with Gasteiger partial charge in [-0.3, -0.25) is 4.79 Å². The number of rotatable bonds is 5. The third kappa shape index (κ3) is 3.98. The lowest BCUT2D eigenvalue weighted by Gasteiger charge is -2.15. The summed E-state index contributed by atoms with van der Waals surface area (Å²) in [5, 5.41) is 12.6. The Balaban J connectivity index is 1.57. The van der Waals surface area contributed by atoms with Crippen molar-refractivity contribution in [3.8, 4) is 0 Å². The summed E-state index contributed by atoms with van der Waals surface area (Å²) in [4.78, 5) is 11.7. The predicted molar refractivity (Wildman–Crippen MR) is 67.5 cm³/mol. The Kier molecular flexibility index (Phi) is 4.84. The zero-order valence-corrected chi connectivity index (χ0v) is 10.7. The fraction of sp³-hybridized carbons (Fsp3) is 0.929. The molecule has 1 amide bonds. The van der Waals surface area contributed by atoms with E-state index in [9.17, 15) is 9.90 Å². The summed E-state index contributed by atoms with van der Waals surface area (Å²) in [6.45, 7) is 0.671. The van der Waals surface area contributed by atoms with E-state index in [0.29, 0.717) is 18.9 Å². The molecule has 2 atom stereocenters. The summed E-state index contributed by atoms with van der Waals surface area (Å²) in [6, 6.07) is 0. The normalized spacial score (nSPS) is 29.7. The van der Waals surface area contributed by atoms with Crippen LogP contribution in [0.5, 0.6) is 0 Å². The average molecular weight is 239 g/mol. The lowest BCUT2D eigenvalue weighted by molar-refractivity contribution is -0.121. The molecule has 98 valence electrons. The van der Waals surface area contributed by atoms with Crippen molar-refractivity contribution < 1.29 is 9.90 Å². The first-order chi connectivity index (χ1) is 8.25. The van der Waals surface area contributed by atoms with Crippen LogP contribution in [-0.2, 0) is 4.79 Å². The van der Waals surface area contributed by atoms with Crippen molar-refractivity contribution in [2.75, 3.05) is 6.54 Å². The van der Waals surface area contributed by atoms with E-state index in [-0.39, 0.29) is 12.0 Å². The molecule has 2 fully saturated rings. The largest absolute Gasteiger partial charge is 0.393 e. The van der Waals surface area contributed by atoms with Crippen LogP contribution in [0.15, 0.2) is 0 Å². The zero-order chi connectivity index (χ0) is 12.1. The van der Waals surface area contributed by atoms with Gasteiger partial charge < -0.3 is 10.4 Å². The van der Waals surface area contributed by atoms with Gasteiger partial charge in [-0.15, -0.1) is 0 Å². The first kappa shape index (κ1) is 12.9. The highest BCUT2D eigenvalue weighted by atomic mass is 16.3. The molecule has 2 aliphatic carbocycles. The van der Waals surface area contributed by atoms with Crippen LogP contribution in [0.2, 0.25) is 0 Å². The summed E-state index contributed by atoms with van der Waals surface area (Å²) in [5.41, 5.74) is 0. The minimum absolute atomic E-state index is 0.177. The Morgan fingerprint density at radius 3 is 2.53 bits per heavy atom.